The Bertz CT molecular complexity index is 798. The minimum absolute atomic E-state index is 0.0945. The van der Waals surface area contributed by atoms with Gasteiger partial charge in [0.25, 0.3) is 0 Å². The number of hydrogen-bond donors (Lipinski definition) is 3. The zero-order valence-electron chi connectivity index (χ0n) is 15.1. The molecule has 6 N–H and O–H groups in total. The molecule has 3 heteroatoms. The van der Waals surface area contributed by atoms with E-state index in [9.17, 15) is 0 Å². The van der Waals surface area contributed by atoms with Gasteiger partial charge in [0.05, 0.1) is 0 Å². The van der Waals surface area contributed by atoms with Crippen LogP contribution < -0.4 is 17.2 Å². The summed E-state index contributed by atoms with van der Waals surface area (Å²) in [6.07, 6.45) is 1.72. The van der Waals surface area contributed by atoms with Gasteiger partial charge in [-0.15, -0.1) is 0 Å². The van der Waals surface area contributed by atoms with Crippen molar-refractivity contribution in [2.75, 3.05) is 0 Å². The second kappa shape index (κ2) is 6.08. The molecule has 1 aliphatic carbocycles. The van der Waals surface area contributed by atoms with Gasteiger partial charge in [0.15, 0.2) is 0 Å². The molecule has 1 aliphatic rings. The number of nitrogens with two attached hydrogens (primary N) is 3. The molecular weight excluding hydrogens is 306 g/mol. The SMILES string of the molecule is C=C(N)c1ccc2c(c1)Cc1cc(C(=C)N)ccc1C2(C)CC(C)N. The predicted octanol–water partition coefficient (Wildman–Crippen LogP) is 3.49. The zero-order valence-corrected chi connectivity index (χ0v) is 15.1. The Morgan fingerprint density at radius 2 is 1.44 bits per heavy atom. The summed E-state index contributed by atoms with van der Waals surface area (Å²) in [6.45, 7) is 12.1. The Morgan fingerprint density at radius 3 is 1.80 bits per heavy atom. The molecule has 0 fully saturated rings. The van der Waals surface area contributed by atoms with E-state index in [1.54, 1.807) is 0 Å². The summed E-state index contributed by atoms with van der Waals surface area (Å²) < 4.78 is 0. The first-order valence-corrected chi connectivity index (χ1v) is 8.64. The number of rotatable bonds is 4. The molecule has 2 aromatic rings. The maximum absolute atomic E-state index is 6.21. The van der Waals surface area contributed by atoms with E-state index in [1.165, 1.54) is 22.3 Å². The highest BCUT2D eigenvalue weighted by molar-refractivity contribution is 5.67. The monoisotopic (exact) mass is 333 g/mol. The molecule has 0 heterocycles. The Labute approximate surface area is 150 Å². The van der Waals surface area contributed by atoms with Gasteiger partial charge in [0, 0.05) is 22.9 Å². The molecule has 0 amide bonds. The van der Waals surface area contributed by atoms with Crippen LogP contribution in [0.25, 0.3) is 11.4 Å². The number of benzene rings is 2. The van der Waals surface area contributed by atoms with E-state index < -0.39 is 0 Å². The van der Waals surface area contributed by atoms with Crippen LogP contribution in [0.3, 0.4) is 0 Å². The van der Waals surface area contributed by atoms with Crippen LogP contribution in [0.15, 0.2) is 49.6 Å². The summed E-state index contributed by atoms with van der Waals surface area (Å²) in [7, 11) is 0. The van der Waals surface area contributed by atoms with Crippen molar-refractivity contribution < 1.29 is 0 Å². The third kappa shape index (κ3) is 2.96. The standard InChI is InChI=1S/C22H27N3/c1-13(23)12-22(4)20-7-5-16(14(2)24)9-18(20)11-19-10-17(15(3)25)6-8-21(19)22/h5-10,13H,2-3,11-12,23-25H2,1,4H3. The molecule has 0 radical (unpaired) electrons. The Hall–Kier alpha value is -2.52. The van der Waals surface area contributed by atoms with Gasteiger partial charge in [-0.2, -0.15) is 0 Å². The van der Waals surface area contributed by atoms with E-state index in [0.717, 1.165) is 24.0 Å². The Balaban J connectivity index is 2.22. The molecule has 0 aliphatic heterocycles. The molecule has 3 nitrogen and oxygen atoms in total. The van der Waals surface area contributed by atoms with E-state index in [1.807, 2.05) is 0 Å². The summed E-state index contributed by atoms with van der Waals surface area (Å²) in [5, 5.41) is 0. The molecule has 0 saturated carbocycles. The first-order chi connectivity index (χ1) is 11.7. The third-order valence-corrected chi connectivity index (χ3v) is 5.25. The van der Waals surface area contributed by atoms with Crippen molar-refractivity contribution >= 4 is 11.4 Å². The van der Waals surface area contributed by atoms with Crippen LogP contribution in [0.4, 0.5) is 0 Å². The topological polar surface area (TPSA) is 78.1 Å². The van der Waals surface area contributed by atoms with Gasteiger partial charge in [0.1, 0.15) is 0 Å². The highest BCUT2D eigenvalue weighted by Gasteiger charge is 2.37. The van der Waals surface area contributed by atoms with E-state index in [4.69, 9.17) is 17.2 Å². The third-order valence-electron chi connectivity index (χ3n) is 5.25. The quantitative estimate of drug-likeness (QED) is 0.801. The first kappa shape index (κ1) is 17.3. The minimum atomic E-state index is -0.139. The molecule has 0 bridgehead atoms. The summed E-state index contributed by atoms with van der Waals surface area (Å²) in [5.74, 6) is 0. The molecule has 130 valence electrons. The zero-order chi connectivity index (χ0) is 18.4. The van der Waals surface area contributed by atoms with Crippen LogP contribution >= 0.6 is 0 Å². The fraction of sp³-hybridized carbons (Fsp3) is 0.273. The molecule has 0 saturated heterocycles. The van der Waals surface area contributed by atoms with Gasteiger partial charge in [0.2, 0.25) is 0 Å². The maximum Gasteiger partial charge on any atom is 0.0314 e. The van der Waals surface area contributed by atoms with Crippen LogP contribution in [-0.4, -0.2) is 6.04 Å². The van der Waals surface area contributed by atoms with E-state index in [-0.39, 0.29) is 11.5 Å². The fourth-order valence-corrected chi connectivity index (χ4v) is 4.17. The van der Waals surface area contributed by atoms with E-state index in [0.29, 0.717) is 11.4 Å². The summed E-state index contributed by atoms with van der Waals surface area (Å²) in [6, 6.07) is 12.9. The fourth-order valence-electron chi connectivity index (χ4n) is 4.17. The van der Waals surface area contributed by atoms with Crippen molar-refractivity contribution in [2.45, 2.75) is 38.1 Å². The van der Waals surface area contributed by atoms with Crippen LogP contribution in [0.5, 0.6) is 0 Å². The number of hydrogen-bond acceptors (Lipinski definition) is 3. The van der Waals surface area contributed by atoms with E-state index >= 15 is 0 Å². The molecule has 0 aromatic heterocycles. The predicted molar refractivity (Wildman–Crippen MR) is 107 cm³/mol. The van der Waals surface area contributed by atoms with Gasteiger partial charge >= 0.3 is 0 Å². The molecule has 0 spiro atoms. The lowest BCUT2D eigenvalue weighted by atomic mass is 9.64. The Morgan fingerprint density at radius 1 is 1.00 bits per heavy atom. The molecule has 25 heavy (non-hydrogen) atoms. The van der Waals surface area contributed by atoms with Gasteiger partial charge < -0.3 is 17.2 Å². The van der Waals surface area contributed by atoms with Crippen molar-refractivity contribution in [2.24, 2.45) is 17.2 Å². The average molecular weight is 333 g/mol. The second-order valence-electron chi connectivity index (χ2n) is 7.48. The summed E-state index contributed by atoms with van der Waals surface area (Å²) in [4.78, 5) is 0. The smallest absolute Gasteiger partial charge is 0.0314 e. The normalized spacial score (nSPS) is 15.8. The minimum Gasteiger partial charge on any atom is -0.399 e. The van der Waals surface area contributed by atoms with Gasteiger partial charge in [-0.1, -0.05) is 44.3 Å². The first-order valence-electron chi connectivity index (χ1n) is 8.64. The lowest BCUT2D eigenvalue weighted by Gasteiger charge is -2.40. The highest BCUT2D eigenvalue weighted by atomic mass is 14.6. The largest absolute Gasteiger partial charge is 0.399 e. The maximum atomic E-state index is 6.21. The highest BCUT2D eigenvalue weighted by Crippen LogP contribution is 2.45. The van der Waals surface area contributed by atoms with Crippen LogP contribution in [0.1, 0.15) is 53.6 Å². The lowest BCUT2D eigenvalue weighted by molar-refractivity contribution is 0.457. The molecule has 2 aromatic carbocycles. The molecule has 1 unspecified atom stereocenters. The van der Waals surface area contributed by atoms with Crippen molar-refractivity contribution in [1.82, 2.24) is 0 Å². The van der Waals surface area contributed by atoms with Gasteiger partial charge in [-0.3, -0.25) is 0 Å². The lowest BCUT2D eigenvalue weighted by Crippen LogP contribution is -2.36. The van der Waals surface area contributed by atoms with Crippen molar-refractivity contribution in [3.8, 4) is 0 Å². The van der Waals surface area contributed by atoms with Crippen LogP contribution in [0.2, 0.25) is 0 Å². The average Bonchev–Trinajstić information content (AvgIpc) is 2.53. The molecule has 3 rings (SSSR count). The Kier molecular flexibility index (Phi) is 4.21. The van der Waals surface area contributed by atoms with Crippen molar-refractivity contribution in [1.29, 1.82) is 0 Å². The summed E-state index contributed by atoms with van der Waals surface area (Å²) >= 11 is 0. The van der Waals surface area contributed by atoms with E-state index in [2.05, 4.69) is 63.4 Å². The van der Waals surface area contributed by atoms with Crippen molar-refractivity contribution in [3.63, 3.8) is 0 Å². The molecular formula is C22H27N3. The van der Waals surface area contributed by atoms with Crippen molar-refractivity contribution in [3.05, 3.63) is 82.9 Å². The van der Waals surface area contributed by atoms with Crippen LogP contribution in [0, 0.1) is 0 Å². The molecule has 1 atom stereocenters. The second-order valence-corrected chi connectivity index (χ2v) is 7.48. The van der Waals surface area contributed by atoms with Crippen LogP contribution in [-0.2, 0) is 11.8 Å². The summed E-state index contributed by atoms with van der Waals surface area (Å²) in [5.41, 5.74) is 26.2. The van der Waals surface area contributed by atoms with Gasteiger partial charge in [-0.05, 0) is 65.3 Å². The van der Waals surface area contributed by atoms with Gasteiger partial charge in [-0.25, -0.2) is 0 Å². The number of fused-ring (bicyclic) bond motifs is 2.